The Bertz CT molecular complexity index is 1400. The van der Waals surface area contributed by atoms with Gasteiger partial charge in [0, 0.05) is 11.8 Å². The first-order valence-electron chi connectivity index (χ1n) is 10.7. The number of rotatable bonds is 5. The molecule has 4 aromatic rings. The summed E-state index contributed by atoms with van der Waals surface area (Å²) >= 11 is 0. The van der Waals surface area contributed by atoms with E-state index < -0.39 is 11.8 Å². The minimum Gasteiger partial charge on any atom is -0.493 e. The lowest BCUT2D eigenvalue weighted by Gasteiger charge is -2.17. The third-order valence-corrected chi connectivity index (χ3v) is 5.84. The van der Waals surface area contributed by atoms with Crippen molar-refractivity contribution < 1.29 is 19.4 Å². The summed E-state index contributed by atoms with van der Waals surface area (Å²) in [7, 11) is 1.60. The summed E-state index contributed by atoms with van der Waals surface area (Å²) in [6.45, 7) is 0. The Hall–Kier alpha value is -4.14. The van der Waals surface area contributed by atoms with Crippen LogP contribution in [0.1, 0.15) is 25.7 Å². The molecule has 9 nitrogen and oxygen atoms in total. The zero-order valence-electron chi connectivity index (χ0n) is 18.0. The van der Waals surface area contributed by atoms with Crippen LogP contribution in [0.5, 0.6) is 11.5 Å². The molecule has 0 unspecified atom stereocenters. The summed E-state index contributed by atoms with van der Waals surface area (Å²) < 4.78 is 13.5. The predicted molar refractivity (Wildman–Crippen MR) is 121 cm³/mol. The fourth-order valence-electron chi connectivity index (χ4n) is 4.26. The summed E-state index contributed by atoms with van der Waals surface area (Å²) in [5.74, 6) is 1.37. The molecule has 168 valence electrons. The van der Waals surface area contributed by atoms with Crippen LogP contribution < -0.4 is 15.2 Å². The highest BCUT2D eigenvalue weighted by Crippen LogP contribution is 2.35. The minimum absolute atomic E-state index is 0.0859. The summed E-state index contributed by atoms with van der Waals surface area (Å²) in [6.07, 6.45) is 4.68. The van der Waals surface area contributed by atoms with Crippen LogP contribution in [0.15, 0.2) is 59.5 Å². The van der Waals surface area contributed by atoms with Crippen molar-refractivity contribution in [3.8, 4) is 28.7 Å². The smallest absolute Gasteiger partial charge is 0.420 e. The first kappa shape index (κ1) is 20.7. The summed E-state index contributed by atoms with van der Waals surface area (Å²) in [5.41, 5.74) is 1.25. The van der Waals surface area contributed by atoms with E-state index in [1.54, 1.807) is 43.6 Å². The average molecular weight is 446 g/mol. The van der Waals surface area contributed by atoms with Gasteiger partial charge in [-0.05, 0) is 62.1 Å². The molecule has 1 N–H and O–H groups in total. The molecule has 0 bridgehead atoms. The molecular weight excluding hydrogens is 424 g/mol. The molecule has 1 aliphatic rings. The molecule has 2 aromatic heterocycles. The first-order chi connectivity index (χ1) is 16.1. The number of aromatic nitrogens is 4. The number of methoxy groups -OCH3 is 1. The number of hydrogen-bond donors (Lipinski definition) is 1. The van der Waals surface area contributed by atoms with Gasteiger partial charge in [-0.1, -0.05) is 12.1 Å². The van der Waals surface area contributed by atoms with Gasteiger partial charge in [0.1, 0.15) is 0 Å². The lowest BCUT2D eigenvalue weighted by atomic mass is 10.1. The van der Waals surface area contributed by atoms with Crippen molar-refractivity contribution in [1.82, 2.24) is 19.1 Å². The maximum Gasteiger partial charge on any atom is 0.420 e. The summed E-state index contributed by atoms with van der Waals surface area (Å²) in [6, 6.07) is 13.9. The van der Waals surface area contributed by atoms with Crippen molar-refractivity contribution in [2.75, 3.05) is 7.11 Å². The number of nitrogens with zero attached hydrogens (tertiary/aromatic N) is 4. The van der Waals surface area contributed by atoms with E-state index in [2.05, 4.69) is 9.97 Å². The minimum atomic E-state index is -1.37. The first-order valence-corrected chi connectivity index (χ1v) is 10.7. The Balaban J connectivity index is 1.59. The third kappa shape index (κ3) is 3.71. The van der Waals surface area contributed by atoms with Gasteiger partial charge in [-0.2, -0.15) is 4.57 Å². The van der Waals surface area contributed by atoms with Gasteiger partial charge in [0.25, 0.3) is 0 Å². The van der Waals surface area contributed by atoms with Crippen LogP contribution in [0.2, 0.25) is 0 Å². The zero-order chi connectivity index (χ0) is 22.9. The summed E-state index contributed by atoms with van der Waals surface area (Å²) in [5, 5.41) is 9.54. The molecule has 0 radical (unpaired) electrons. The molecule has 0 saturated heterocycles. The maximum absolute atomic E-state index is 12.9. The molecule has 1 saturated carbocycles. The molecule has 5 rings (SSSR count). The normalized spacial score (nSPS) is 14.0. The van der Waals surface area contributed by atoms with Crippen LogP contribution in [0, 0.1) is 0 Å². The molecule has 0 amide bonds. The van der Waals surface area contributed by atoms with E-state index in [9.17, 15) is 14.7 Å². The third-order valence-electron chi connectivity index (χ3n) is 5.84. The van der Waals surface area contributed by atoms with Crippen molar-refractivity contribution in [2.45, 2.75) is 31.8 Å². The number of benzene rings is 2. The van der Waals surface area contributed by atoms with Crippen LogP contribution in [0.4, 0.5) is 4.79 Å². The van der Waals surface area contributed by atoms with Crippen molar-refractivity contribution in [2.24, 2.45) is 0 Å². The monoisotopic (exact) mass is 446 g/mol. The highest BCUT2D eigenvalue weighted by molar-refractivity contribution is 5.86. The standard InChI is InChI=1S/C24H22N4O5/c1-32-20-11-10-15(14-21(20)33-16-6-2-3-7-16)17-12-13-25-22(26-17)27-18-8-4-5-9-19(18)28(23(27)29)24(30)31/h4-5,8-14,16H,2-3,6-7H2,1H3,(H,30,31). The van der Waals surface area contributed by atoms with Crippen molar-refractivity contribution >= 4 is 17.1 Å². The van der Waals surface area contributed by atoms with E-state index in [1.165, 1.54) is 4.57 Å². The van der Waals surface area contributed by atoms with Gasteiger partial charge in [-0.3, -0.25) is 0 Å². The molecule has 0 aliphatic heterocycles. The van der Waals surface area contributed by atoms with E-state index >= 15 is 0 Å². The number of hydrogen-bond acceptors (Lipinski definition) is 6. The quantitative estimate of drug-likeness (QED) is 0.491. The Morgan fingerprint density at radius 1 is 1.06 bits per heavy atom. The molecule has 33 heavy (non-hydrogen) atoms. The molecule has 1 aliphatic carbocycles. The number of carbonyl (C=O) groups is 1. The number of carboxylic acid groups (broad SMARTS) is 1. The van der Waals surface area contributed by atoms with Gasteiger partial charge in [-0.25, -0.2) is 24.1 Å². The molecular formula is C24H22N4O5. The fraction of sp³-hybridized carbons (Fsp3) is 0.250. The maximum atomic E-state index is 12.9. The van der Waals surface area contributed by atoms with E-state index in [1.807, 2.05) is 18.2 Å². The molecule has 0 spiro atoms. The highest BCUT2D eigenvalue weighted by Gasteiger charge is 2.21. The molecule has 9 heteroatoms. The van der Waals surface area contributed by atoms with Crippen LogP contribution >= 0.6 is 0 Å². The second kappa shape index (κ2) is 8.42. The lowest BCUT2D eigenvalue weighted by Crippen LogP contribution is -2.28. The van der Waals surface area contributed by atoms with Crippen molar-refractivity contribution in [3.63, 3.8) is 0 Å². The largest absolute Gasteiger partial charge is 0.493 e. The van der Waals surface area contributed by atoms with Crippen molar-refractivity contribution in [1.29, 1.82) is 0 Å². The lowest BCUT2D eigenvalue weighted by molar-refractivity contribution is 0.196. The highest BCUT2D eigenvalue weighted by atomic mass is 16.5. The number of fused-ring (bicyclic) bond motifs is 1. The van der Waals surface area contributed by atoms with Crippen LogP contribution in [-0.2, 0) is 0 Å². The Morgan fingerprint density at radius 2 is 1.82 bits per heavy atom. The zero-order valence-corrected chi connectivity index (χ0v) is 18.0. The number of ether oxygens (including phenoxy) is 2. The summed E-state index contributed by atoms with van der Waals surface area (Å²) in [4.78, 5) is 33.5. The van der Waals surface area contributed by atoms with E-state index in [0.29, 0.717) is 27.3 Å². The van der Waals surface area contributed by atoms with Crippen LogP contribution in [-0.4, -0.2) is 43.5 Å². The van der Waals surface area contributed by atoms with Gasteiger partial charge in [0.05, 0.1) is 29.9 Å². The van der Waals surface area contributed by atoms with Crippen LogP contribution in [0.25, 0.3) is 28.2 Å². The van der Waals surface area contributed by atoms with Gasteiger partial charge < -0.3 is 14.6 Å². The van der Waals surface area contributed by atoms with Gasteiger partial charge in [0.15, 0.2) is 11.5 Å². The molecule has 1 fully saturated rings. The Labute approximate surface area is 188 Å². The second-order valence-electron chi connectivity index (χ2n) is 7.86. The van der Waals surface area contributed by atoms with Crippen molar-refractivity contribution in [3.05, 3.63) is 65.2 Å². The predicted octanol–water partition coefficient (Wildman–Crippen LogP) is 4.11. The van der Waals surface area contributed by atoms with Gasteiger partial charge in [-0.15, -0.1) is 0 Å². The Kier molecular flexibility index (Phi) is 5.29. The van der Waals surface area contributed by atoms with E-state index in [0.717, 1.165) is 31.2 Å². The second-order valence-corrected chi connectivity index (χ2v) is 7.86. The molecule has 2 heterocycles. The molecule has 2 aromatic carbocycles. The van der Waals surface area contributed by atoms with Gasteiger partial charge in [0.2, 0.25) is 5.95 Å². The van der Waals surface area contributed by atoms with Crippen LogP contribution in [0.3, 0.4) is 0 Å². The fourth-order valence-corrected chi connectivity index (χ4v) is 4.26. The number of para-hydroxylation sites is 2. The number of imidazole rings is 1. The van der Waals surface area contributed by atoms with E-state index in [-0.39, 0.29) is 17.6 Å². The molecule has 0 atom stereocenters. The average Bonchev–Trinajstić information content (AvgIpc) is 3.44. The van der Waals surface area contributed by atoms with Gasteiger partial charge >= 0.3 is 11.8 Å². The SMILES string of the molecule is COc1ccc(-c2ccnc(-n3c(=O)n(C(=O)O)c4ccccc43)n2)cc1OC1CCCC1. The van der Waals surface area contributed by atoms with E-state index in [4.69, 9.17) is 9.47 Å². The Morgan fingerprint density at radius 3 is 2.55 bits per heavy atom. The topological polar surface area (TPSA) is 108 Å².